The van der Waals surface area contributed by atoms with Gasteiger partial charge in [-0.2, -0.15) is 0 Å². The first-order valence-electron chi connectivity index (χ1n) is 23.4. The van der Waals surface area contributed by atoms with Crippen LogP contribution in [0, 0.1) is 92.7 Å². The van der Waals surface area contributed by atoms with Crippen LogP contribution >= 0.6 is 0 Å². The average molecular weight is 767 g/mol. The number of carbonyl (C=O) groups excluding carboxylic acids is 1. The first-order chi connectivity index (χ1) is 26.0. The molecule has 0 aromatic rings. The topological polar surface area (TPSA) is 124 Å². The number of ether oxygens (including phenoxy) is 1. The number of fused-ring (bicyclic) bond motifs is 10. The zero-order valence-corrected chi connectivity index (χ0v) is 35.4. The van der Waals surface area contributed by atoms with Gasteiger partial charge in [-0.05, 0) is 208 Å². The summed E-state index contributed by atoms with van der Waals surface area (Å²) in [5.74, 6) is 4.85. The van der Waals surface area contributed by atoms with Crippen molar-refractivity contribution in [3.63, 3.8) is 0 Å². The molecule has 7 nitrogen and oxygen atoms in total. The Bertz CT molecular complexity index is 1430. The molecule has 0 aromatic carbocycles. The lowest BCUT2D eigenvalue weighted by atomic mass is 9.43. The highest BCUT2D eigenvalue weighted by atomic mass is 16.5. The lowest BCUT2D eigenvalue weighted by Crippen LogP contribution is -2.58. The quantitative estimate of drug-likeness (QED) is 0.173. The van der Waals surface area contributed by atoms with Crippen molar-refractivity contribution in [2.45, 2.75) is 194 Å². The minimum absolute atomic E-state index is 0.0401. The number of aliphatic carboxylic acids is 1. The molecular weight excluding hydrogens is 689 g/mol. The molecule has 55 heavy (non-hydrogen) atoms. The molecule has 0 saturated heterocycles. The Balaban J connectivity index is 0.845. The number of aliphatic hydroxyl groups is 3. The van der Waals surface area contributed by atoms with Crippen molar-refractivity contribution in [3.05, 3.63) is 0 Å². The van der Waals surface area contributed by atoms with Crippen molar-refractivity contribution >= 4 is 11.9 Å². The van der Waals surface area contributed by atoms with Crippen LogP contribution in [0.1, 0.15) is 170 Å². The van der Waals surface area contributed by atoms with Gasteiger partial charge in [-0.1, -0.05) is 41.5 Å². The summed E-state index contributed by atoms with van der Waals surface area (Å²) < 4.78 is 6.31. The molecule has 8 aliphatic rings. The number of hydrogen-bond donors (Lipinski definition) is 4. The molecule has 0 aromatic heterocycles. The predicted octanol–water partition coefficient (Wildman–Crippen LogP) is 9.44. The molecule has 8 saturated carbocycles. The molecule has 0 amide bonds. The number of carboxylic acid groups (broad SMARTS) is 1. The van der Waals surface area contributed by atoms with E-state index in [0.717, 1.165) is 83.5 Å². The van der Waals surface area contributed by atoms with Crippen molar-refractivity contribution in [3.8, 4) is 0 Å². The van der Waals surface area contributed by atoms with Crippen LogP contribution in [0.2, 0.25) is 0 Å². The van der Waals surface area contributed by atoms with Crippen LogP contribution in [0.3, 0.4) is 0 Å². The monoisotopic (exact) mass is 767 g/mol. The van der Waals surface area contributed by atoms with E-state index in [9.17, 15) is 30.0 Å². The van der Waals surface area contributed by atoms with Crippen molar-refractivity contribution in [2.24, 2.45) is 92.7 Å². The maximum atomic E-state index is 13.5. The summed E-state index contributed by atoms with van der Waals surface area (Å²) >= 11 is 0. The van der Waals surface area contributed by atoms with Gasteiger partial charge < -0.3 is 25.2 Å². The Labute approximate surface area is 332 Å². The summed E-state index contributed by atoms with van der Waals surface area (Å²) in [5.41, 5.74) is 0.812. The van der Waals surface area contributed by atoms with Gasteiger partial charge in [0.05, 0.1) is 18.3 Å². The summed E-state index contributed by atoms with van der Waals surface area (Å²) in [4.78, 5) is 24.9. The molecule has 8 fully saturated rings. The first-order valence-corrected chi connectivity index (χ1v) is 23.4. The predicted molar refractivity (Wildman–Crippen MR) is 214 cm³/mol. The van der Waals surface area contributed by atoms with Crippen LogP contribution in [0.5, 0.6) is 0 Å². The largest absolute Gasteiger partial charge is 0.481 e. The first kappa shape index (κ1) is 40.6. The highest BCUT2D eigenvalue weighted by Gasteiger charge is 2.65. The second-order valence-electron chi connectivity index (χ2n) is 22.8. The third-order valence-corrected chi connectivity index (χ3v) is 20.7. The fraction of sp³-hybridized carbons (Fsp3) is 0.958. The zero-order chi connectivity index (χ0) is 39.2. The van der Waals surface area contributed by atoms with Crippen LogP contribution in [0.4, 0.5) is 0 Å². The SMILES string of the molecule is C[C@H](CCC(=O)O)[C@H]1CC[C@H]2[C@@H]3[C@H](O)CC4C[C@H](OC(=O)CC[C@@H](C)[C@H]5CCC6C7C(CC[C@@]65C)[C@@]5(C)CC[C@H](O)CC5C[C@@H]7O)CC[C@]4(C)[C@H]3CC[C@]12C. The Morgan fingerprint density at radius 1 is 0.582 bits per heavy atom. The van der Waals surface area contributed by atoms with E-state index in [1.54, 1.807) is 0 Å². The number of esters is 1. The summed E-state index contributed by atoms with van der Waals surface area (Å²) in [6.07, 6.45) is 18.4. The summed E-state index contributed by atoms with van der Waals surface area (Å²) in [6, 6.07) is 0. The Morgan fingerprint density at radius 2 is 1.04 bits per heavy atom. The molecular formula is C48H78O7. The van der Waals surface area contributed by atoms with Gasteiger partial charge in [0.25, 0.3) is 0 Å². The lowest BCUT2D eigenvalue weighted by molar-refractivity contribution is -0.183. The molecule has 0 radical (unpaired) electrons. The Hall–Kier alpha value is -1.18. The number of hydrogen-bond acceptors (Lipinski definition) is 6. The maximum absolute atomic E-state index is 13.5. The summed E-state index contributed by atoms with van der Waals surface area (Å²) in [5, 5.41) is 43.3. The highest BCUT2D eigenvalue weighted by molar-refractivity contribution is 5.69. The summed E-state index contributed by atoms with van der Waals surface area (Å²) in [7, 11) is 0. The minimum atomic E-state index is -0.696. The number of rotatable bonds is 9. The molecule has 4 N–H and O–H groups in total. The van der Waals surface area contributed by atoms with Crippen LogP contribution in [0.25, 0.3) is 0 Å². The molecule has 0 aliphatic heterocycles. The minimum Gasteiger partial charge on any atom is -0.481 e. The second kappa shape index (κ2) is 14.8. The van der Waals surface area contributed by atoms with Gasteiger partial charge >= 0.3 is 11.9 Å². The van der Waals surface area contributed by atoms with Crippen LogP contribution in [0.15, 0.2) is 0 Å². The van der Waals surface area contributed by atoms with E-state index in [-0.39, 0.29) is 58.5 Å². The van der Waals surface area contributed by atoms with Crippen molar-refractivity contribution < 1.29 is 34.8 Å². The smallest absolute Gasteiger partial charge is 0.306 e. The Morgan fingerprint density at radius 3 is 1.56 bits per heavy atom. The van der Waals surface area contributed by atoms with Gasteiger partial charge in [-0.25, -0.2) is 0 Å². The molecule has 0 spiro atoms. The molecule has 8 aliphatic carbocycles. The standard InChI is InChI=1S/C48H78O7/c1-27(7-13-41(52)53)33-9-11-36-44-38(18-22-47(33,36)5)46(4)20-16-32(24-30(46)26-40(44)51)55-42(54)14-8-28(2)34-10-12-35-43-37(17-21-48(34,35)6)45(3)19-15-31(49)23-29(45)25-39(43)50/h27-40,43-44,49-51H,7-26H2,1-6H3,(H,52,53)/t27-,28-,29?,30?,31+,32-,33-,34-,35?,36+,37?,38+,39+,40-,43?,44+,45+,46+,47-,48-/m1/s1. The molecule has 312 valence electrons. The average Bonchev–Trinajstić information content (AvgIpc) is 3.67. The molecule has 0 bridgehead atoms. The molecule has 0 heterocycles. The zero-order valence-electron chi connectivity index (χ0n) is 35.4. The second-order valence-corrected chi connectivity index (χ2v) is 22.8. The van der Waals surface area contributed by atoms with Gasteiger partial charge in [0.2, 0.25) is 0 Å². The molecule has 5 unspecified atom stereocenters. The van der Waals surface area contributed by atoms with Gasteiger partial charge in [-0.15, -0.1) is 0 Å². The Kier molecular flexibility index (Phi) is 10.9. The molecule has 7 heteroatoms. The van der Waals surface area contributed by atoms with Crippen molar-refractivity contribution in [1.29, 1.82) is 0 Å². The van der Waals surface area contributed by atoms with E-state index in [1.807, 2.05) is 0 Å². The van der Waals surface area contributed by atoms with Crippen LogP contribution in [-0.2, 0) is 14.3 Å². The third kappa shape index (κ3) is 6.69. The van der Waals surface area contributed by atoms with Crippen molar-refractivity contribution in [2.75, 3.05) is 0 Å². The summed E-state index contributed by atoms with van der Waals surface area (Å²) in [6.45, 7) is 14.6. The molecule has 8 rings (SSSR count). The fourth-order valence-corrected chi connectivity index (χ4v) is 17.8. The van der Waals surface area contributed by atoms with Gasteiger partial charge in [-0.3, -0.25) is 9.59 Å². The van der Waals surface area contributed by atoms with E-state index in [1.165, 1.54) is 32.1 Å². The number of aliphatic hydroxyl groups excluding tert-OH is 3. The van der Waals surface area contributed by atoms with Crippen molar-refractivity contribution in [1.82, 2.24) is 0 Å². The van der Waals surface area contributed by atoms with E-state index in [0.29, 0.717) is 77.4 Å². The fourth-order valence-electron chi connectivity index (χ4n) is 17.8. The third-order valence-electron chi connectivity index (χ3n) is 20.7. The van der Waals surface area contributed by atoms with E-state index in [2.05, 4.69) is 41.5 Å². The van der Waals surface area contributed by atoms with E-state index < -0.39 is 5.97 Å². The van der Waals surface area contributed by atoms with Crippen LogP contribution < -0.4 is 0 Å². The number of carboxylic acids is 1. The van der Waals surface area contributed by atoms with E-state index >= 15 is 0 Å². The lowest BCUT2D eigenvalue weighted by Gasteiger charge is -2.62. The maximum Gasteiger partial charge on any atom is 0.306 e. The van der Waals surface area contributed by atoms with Gasteiger partial charge in [0.15, 0.2) is 0 Å². The number of carbonyl (C=O) groups is 2. The van der Waals surface area contributed by atoms with Gasteiger partial charge in [0, 0.05) is 12.8 Å². The van der Waals surface area contributed by atoms with Gasteiger partial charge in [0.1, 0.15) is 6.10 Å². The molecule has 20 atom stereocenters. The highest BCUT2D eigenvalue weighted by Crippen LogP contribution is 2.70. The normalized spacial score (nSPS) is 52.7. The van der Waals surface area contributed by atoms with Crippen LogP contribution in [-0.4, -0.2) is 56.8 Å². The van der Waals surface area contributed by atoms with E-state index in [4.69, 9.17) is 4.74 Å².